The van der Waals surface area contributed by atoms with Crippen LogP contribution in [0.25, 0.3) is 0 Å². The first kappa shape index (κ1) is 36.5. The number of hydrogen-bond acceptors (Lipinski definition) is 10. The molecular formula is C23H33ClF4N3O9PS. The van der Waals surface area contributed by atoms with Crippen LogP contribution >= 0.6 is 18.2 Å². The number of halogens is 5. The molecule has 1 fully saturated rings. The van der Waals surface area contributed by atoms with Crippen LogP contribution in [0.2, 0.25) is 0 Å². The Kier molecular flexibility index (Phi) is 12.1. The molecule has 42 heavy (non-hydrogen) atoms. The number of nitrogens with one attached hydrogen (secondary N) is 2. The van der Waals surface area contributed by atoms with Crippen LogP contribution in [-0.2, 0) is 49.7 Å². The maximum Gasteiger partial charge on any atom is 0.323 e. The van der Waals surface area contributed by atoms with Crippen LogP contribution in [0, 0.1) is 0 Å². The van der Waals surface area contributed by atoms with Gasteiger partial charge in [0.2, 0.25) is 11.5 Å². The van der Waals surface area contributed by atoms with Gasteiger partial charge in [-0.25, -0.2) is 19.0 Å². The zero-order chi connectivity index (χ0) is 32.4. The Balaban J connectivity index is 2.44. The molecule has 0 aromatic rings. The van der Waals surface area contributed by atoms with E-state index < -0.39 is 103 Å². The third-order valence-corrected chi connectivity index (χ3v) is 9.09. The van der Waals surface area contributed by atoms with Crippen molar-refractivity contribution in [3.63, 3.8) is 0 Å². The second-order valence-electron chi connectivity index (χ2n) is 10.1. The van der Waals surface area contributed by atoms with E-state index in [-0.39, 0.29) is 0 Å². The van der Waals surface area contributed by atoms with Crippen molar-refractivity contribution in [1.29, 1.82) is 0 Å². The van der Waals surface area contributed by atoms with Crippen LogP contribution < -0.4 is 10.2 Å². The topological polar surface area (TPSA) is 153 Å². The van der Waals surface area contributed by atoms with Crippen LogP contribution in [0.5, 0.6) is 0 Å². The van der Waals surface area contributed by atoms with Crippen LogP contribution in [0.3, 0.4) is 0 Å². The third kappa shape index (κ3) is 8.05. The van der Waals surface area contributed by atoms with Gasteiger partial charge in [0.05, 0.1) is 25.2 Å². The predicted molar refractivity (Wildman–Crippen MR) is 143 cm³/mol. The van der Waals surface area contributed by atoms with Crippen molar-refractivity contribution in [1.82, 2.24) is 15.1 Å². The third-order valence-electron chi connectivity index (χ3n) is 5.88. The Labute approximate surface area is 249 Å². The van der Waals surface area contributed by atoms with Crippen LogP contribution in [-0.4, -0.2) is 94.8 Å². The number of Topliss-reactive ketones (excluding diaryl/α,β-unsaturated/α-hetero) is 1. The molecule has 2 aliphatic heterocycles. The fraction of sp³-hybridized carbons (Fsp3) is 0.739. The molecule has 240 valence electrons. The number of ketones is 1. The van der Waals surface area contributed by atoms with E-state index in [4.69, 9.17) is 42.1 Å². The summed E-state index contributed by atoms with van der Waals surface area (Å²) < 4.78 is 80.4. The second kappa shape index (κ2) is 13.9. The van der Waals surface area contributed by atoms with Gasteiger partial charge in [0.1, 0.15) is 17.1 Å². The number of allylic oxidation sites excluding steroid dienone is 1. The van der Waals surface area contributed by atoms with E-state index in [1.54, 1.807) is 27.7 Å². The monoisotopic (exact) mass is 669 g/mol. The molecule has 2 heterocycles. The minimum Gasteiger partial charge on any atom is -0.462 e. The lowest BCUT2D eigenvalue weighted by atomic mass is 9.95. The summed E-state index contributed by atoms with van der Waals surface area (Å²) in [5, 5.41) is 14.8. The number of aliphatic hydroxyl groups is 1. The number of carbonyl (C=O) groups is 4. The number of alkyl halides is 4. The van der Waals surface area contributed by atoms with E-state index in [2.05, 4.69) is 10.2 Å². The van der Waals surface area contributed by atoms with Gasteiger partial charge in [-0.1, -0.05) is 11.6 Å². The molecule has 0 aromatic carbocycles. The van der Waals surface area contributed by atoms with Crippen molar-refractivity contribution in [2.75, 3.05) is 6.61 Å². The average molecular weight is 670 g/mol. The molecule has 0 unspecified atom stereocenters. The van der Waals surface area contributed by atoms with Crippen molar-refractivity contribution in [3.05, 3.63) is 11.2 Å². The molecule has 0 aliphatic carbocycles. The largest absolute Gasteiger partial charge is 0.462 e. The summed E-state index contributed by atoms with van der Waals surface area (Å²) >= 11 is 11.1. The van der Waals surface area contributed by atoms with E-state index in [9.17, 15) is 33.1 Å². The first-order valence-corrected chi connectivity index (χ1v) is 15.7. The molecule has 0 saturated carbocycles. The number of rotatable bonds is 13. The lowest BCUT2D eigenvalue weighted by Crippen LogP contribution is -2.58. The number of carbonyl (C=O) groups excluding carboxylic acids is 4. The number of nitrogens with zero attached hydrogens (tertiary/aromatic N) is 1. The zero-order valence-electron chi connectivity index (χ0n) is 23.4. The van der Waals surface area contributed by atoms with Gasteiger partial charge >= 0.3 is 17.9 Å². The van der Waals surface area contributed by atoms with Crippen LogP contribution in [0.15, 0.2) is 11.2 Å². The summed E-state index contributed by atoms with van der Waals surface area (Å²) in [5.41, 5.74) is -3.89. The number of amides is 1. The van der Waals surface area contributed by atoms with Crippen molar-refractivity contribution in [2.45, 2.75) is 103 Å². The quantitative estimate of drug-likeness (QED) is 0.114. The van der Waals surface area contributed by atoms with E-state index in [0.717, 1.165) is 0 Å². The maximum absolute atomic E-state index is 15.5. The van der Waals surface area contributed by atoms with Gasteiger partial charge in [0.25, 0.3) is 6.43 Å². The van der Waals surface area contributed by atoms with E-state index in [1.165, 1.54) is 13.8 Å². The summed E-state index contributed by atoms with van der Waals surface area (Å²) in [4.78, 5) is 49.2. The number of ether oxygens (including phenoxy) is 3. The van der Waals surface area contributed by atoms with Gasteiger partial charge in [-0.05, 0) is 53.3 Å². The predicted octanol–water partition coefficient (Wildman–Crippen LogP) is 2.32. The lowest BCUT2D eigenvalue weighted by molar-refractivity contribution is -0.242. The Morgan fingerprint density at radius 1 is 1.12 bits per heavy atom. The van der Waals surface area contributed by atoms with Gasteiger partial charge in [0, 0.05) is 6.20 Å². The SMILES string of the molecule is CC(C)OC(=O)[C@H](C)NP(=S)(N[C@@H](C)C(=O)OC(C)C)OC[C@@]1(C(F)F)O[C@@H](N2C=C(Cl)C(=O)CC2=O)[C@H](O)C1(F)F. The lowest BCUT2D eigenvalue weighted by Gasteiger charge is -2.36. The minimum atomic E-state index is -4.77. The molecule has 1 saturated heterocycles. The van der Waals surface area contributed by atoms with Gasteiger partial charge in [0.15, 0.2) is 24.7 Å². The summed E-state index contributed by atoms with van der Waals surface area (Å²) in [6, 6.07) is -2.55. The van der Waals surface area contributed by atoms with Gasteiger partial charge < -0.3 is 23.8 Å². The molecule has 0 aromatic heterocycles. The van der Waals surface area contributed by atoms with E-state index in [1.807, 2.05) is 0 Å². The normalized spacial score (nSPS) is 26.1. The molecule has 0 radical (unpaired) electrons. The zero-order valence-corrected chi connectivity index (χ0v) is 25.9. The van der Waals surface area contributed by atoms with Crippen LogP contribution in [0.1, 0.15) is 48.0 Å². The molecule has 2 rings (SSSR count). The highest BCUT2D eigenvalue weighted by molar-refractivity contribution is 8.10. The van der Waals surface area contributed by atoms with Crippen molar-refractivity contribution < 1.29 is 60.6 Å². The highest BCUT2D eigenvalue weighted by Gasteiger charge is 2.74. The molecule has 0 spiro atoms. The van der Waals surface area contributed by atoms with Gasteiger partial charge in [-0.2, -0.15) is 8.78 Å². The maximum atomic E-state index is 15.5. The Hall–Kier alpha value is -1.72. The van der Waals surface area contributed by atoms with Crippen molar-refractivity contribution in [3.8, 4) is 0 Å². The number of hydrogen-bond donors (Lipinski definition) is 3. The molecule has 12 nitrogen and oxygen atoms in total. The standard InChI is InChI=1S/C23H33ClF4N3O9PS/c1-10(2)38-19(35)12(5)29-41(42,30-13(6)20(36)39-11(3)4)37-9-22(21(25)26)23(27,28)17(34)18(40-22)31-8-14(24)15(32)7-16(31)33/h8,10-13,17-18,21,34H,7,9H2,1-6H3,(H2,29,30,42)/t12-,13-,17-,18+,22-/m0/s1. The number of aliphatic hydroxyl groups excluding tert-OH is 1. The van der Waals surface area contributed by atoms with Crippen LogP contribution in [0.4, 0.5) is 17.6 Å². The average Bonchev–Trinajstić information content (AvgIpc) is 3.05. The molecule has 19 heteroatoms. The van der Waals surface area contributed by atoms with Gasteiger partial charge in [-0.15, -0.1) is 0 Å². The highest BCUT2D eigenvalue weighted by atomic mass is 35.5. The second-order valence-corrected chi connectivity index (χ2v) is 14.0. The smallest absolute Gasteiger partial charge is 0.323 e. The van der Waals surface area contributed by atoms with Gasteiger partial charge in [-0.3, -0.25) is 24.1 Å². The summed E-state index contributed by atoms with van der Waals surface area (Å²) in [6.07, 6.45) is -10.9. The first-order valence-electron chi connectivity index (χ1n) is 12.6. The minimum absolute atomic E-state index is 0.326. The number of esters is 2. The van der Waals surface area contributed by atoms with Crippen molar-refractivity contribution >= 4 is 53.6 Å². The summed E-state index contributed by atoms with van der Waals surface area (Å²) in [5.74, 6) is -8.47. The summed E-state index contributed by atoms with van der Waals surface area (Å²) in [7, 11) is 0. The molecule has 1 amide bonds. The highest BCUT2D eigenvalue weighted by Crippen LogP contribution is 2.52. The molecule has 5 atom stereocenters. The van der Waals surface area contributed by atoms with Crippen molar-refractivity contribution in [2.24, 2.45) is 0 Å². The molecule has 3 N–H and O–H groups in total. The Morgan fingerprint density at radius 2 is 1.60 bits per heavy atom. The first-order chi connectivity index (χ1) is 19.2. The Bertz CT molecular complexity index is 1110. The van der Waals surface area contributed by atoms with E-state index >= 15 is 8.78 Å². The molecular weight excluding hydrogens is 637 g/mol. The summed E-state index contributed by atoms with van der Waals surface area (Å²) in [6.45, 7) is 3.00. The molecule has 0 bridgehead atoms. The van der Waals surface area contributed by atoms with E-state index in [0.29, 0.717) is 11.1 Å². The fourth-order valence-electron chi connectivity index (χ4n) is 3.76. The fourth-order valence-corrected chi connectivity index (χ4v) is 6.87. The Morgan fingerprint density at radius 3 is 2.02 bits per heavy atom. The molecule has 2 aliphatic rings.